The predicted molar refractivity (Wildman–Crippen MR) is 81.4 cm³/mol. The molecule has 0 saturated carbocycles. The van der Waals surface area contributed by atoms with Gasteiger partial charge in [-0.15, -0.1) is 0 Å². The Balaban J connectivity index is 2.61. The van der Waals surface area contributed by atoms with Crippen molar-refractivity contribution in [2.24, 2.45) is 0 Å². The van der Waals surface area contributed by atoms with E-state index >= 15 is 0 Å². The molecule has 0 radical (unpaired) electrons. The zero-order chi connectivity index (χ0) is 14.8. The van der Waals surface area contributed by atoms with Crippen molar-refractivity contribution in [1.29, 1.82) is 0 Å². The first-order chi connectivity index (χ1) is 9.69. The summed E-state index contributed by atoms with van der Waals surface area (Å²) < 4.78 is 10.8. The van der Waals surface area contributed by atoms with E-state index in [1.165, 1.54) is 0 Å². The lowest BCUT2D eigenvalue weighted by atomic mass is 10.2. The van der Waals surface area contributed by atoms with Gasteiger partial charge in [-0.05, 0) is 26.0 Å². The van der Waals surface area contributed by atoms with Crippen molar-refractivity contribution in [3.05, 3.63) is 28.8 Å². The van der Waals surface area contributed by atoms with E-state index in [9.17, 15) is 5.11 Å². The van der Waals surface area contributed by atoms with E-state index in [-0.39, 0.29) is 5.75 Å². The van der Waals surface area contributed by atoms with Crippen molar-refractivity contribution >= 4 is 11.6 Å². The molecule has 1 rings (SSSR count). The number of rotatable bonds is 10. The average molecular weight is 302 g/mol. The molecule has 0 spiro atoms. The fourth-order valence-electron chi connectivity index (χ4n) is 1.87. The quantitative estimate of drug-likeness (QED) is 0.675. The number of benzene rings is 1. The monoisotopic (exact) mass is 301 g/mol. The van der Waals surface area contributed by atoms with Crippen LogP contribution in [0.15, 0.2) is 18.2 Å². The molecule has 0 aromatic heterocycles. The maximum Gasteiger partial charge on any atom is 0.121 e. The van der Waals surface area contributed by atoms with Gasteiger partial charge in [0.15, 0.2) is 0 Å². The fraction of sp³-hybridized carbons (Fsp3) is 0.600. The minimum Gasteiger partial charge on any atom is -0.508 e. The molecule has 0 atom stereocenters. The van der Waals surface area contributed by atoms with Crippen molar-refractivity contribution in [1.82, 2.24) is 4.90 Å². The van der Waals surface area contributed by atoms with Gasteiger partial charge in [0.25, 0.3) is 0 Å². The summed E-state index contributed by atoms with van der Waals surface area (Å²) in [5.41, 5.74) is 0.752. The van der Waals surface area contributed by atoms with Crippen molar-refractivity contribution in [2.75, 3.05) is 39.5 Å². The van der Waals surface area contributed by atoms with Crippen LogP contribution < -0.4 is 0 Å². The van der Waals surface area contributed by atoms with Crippen molar-refractivity contribution in [2.45, 2.75) is 20.4 Å². The van der Waals surface area contributed by atoms with Crippen LogP contribution in [0.2, 0.25) is 5.02 Å². The second kappa shape index (κ2) is 10.00. The highest BCUT2D eigenvalue weighted by Gasteiger charge is 2.12. The van der Waals surface area contributed by atoms with Gasteiger partial charge in [0, 0.05) is 43.4 Å². The van der Waals surface area contributed by atoms with E-state index in [0.29, 0.717) is 38.0 Å². The molecule has 20 heavy (non-hydrogen) atoms. The molecule has 0 bridgehead atoms. The standard InChI is InChI=1S/C15H24ClNO3/c1-3-19-10-8-17(9-11-20-4-2)12-13-14(16)6-5-7-15(13)18/h5-7,18H,3-4,8-12H2,1-2H3. The molecule has 0 amide bonds. The fourth-order valence-corrected chi connectivity index (χ4v) is 2.10. The van der Waals surface area contributed by atoms with Crippen molar-refractivity contribution in [3.63, 3.8) is 0 Å². The molecule has 0 aliphatic heterocycles. The number of ether oxygens (including phenoxy) is 2. The van der Waals surface area contributed by atoms with Gasteiger partial charge < -0.3 is 14.6 Å². The molecule has 1 N–H and O–H groups in total. The Morgan fingerprint density at radius 2 is 1.70 bits per heavy atom. The third-order valence-corrected chi connectivity index (χ3v) is 3.34. The summed E-state index contributed by atoms with van der Waals surface area (Å²) in [5, 5.41) is 10.5. The molecule has 1 aromatic carbocycles. The Morgan fingerprint density at radius 3 is 2.20 bits per heavy atom. The minimum absolute atomic E-state index is 0.232. The number of hydrogen-bond acceptors (Lipinski definition) is 4. The summed E-state index contributed by atoms with van der Waals surface area (Å²) >= 11 is 6.15. The second-order valence-electron chi connectivity index (χ2n) is 4.41. The van der Waals surface area contributed by atoms with Gasteiger partial charge in [0.2, 0.25) is 0 Å². The van der Waals surface area contributed by atoms with E-state index in [1.54, 1.807) is 18.2 Å². The van der Waals surface area contributed by atoms with Crippen LogP contribution in [0.3, 0.4) is 0 Å². The highest BCUT2D eigenvalue weighted by atomic mass is 35.5. The van der Waals surface area contributed by atoms with Crippen LogP contribution in [0.4, 0.5) is 0 Å². The third-order valence-electron chi connectivity index (χ3n) is 2.99. The maximum atomic E-state index is 9.91. The second-order valence-corrected chi connectivity index (χ2v) is 4.81. The van der Waals surface area contributed by atoms with Crippen molar-refractivity contribution in [3.8, 4) is 5.75 Å². The van der Waals surface area contributed by atoms with E-state index in [0.717, 1.165) is 18.7 Å². The topological polar surface area (TPSA) is 41.9 Å². The number of phenolic OH excluding ortho intramolecular Hbond substituents is 1. The van der Waals surface area contributed by atoms with Gasteiger partial charge in [0.1, 0.15) is 5.75 Å². The van der Waals surface area contributed by atoms with Gasteiger partial charge in [-0.2, -0.15) is 0 Å². The summed E-state index contributed by atoms with van der Waals surface area (Å²) in [7, 11) is 0. The van der Waals surface area contributed by atoms with Gasteiger partial charge in [0.05, 0.1) is 13.2 Å². The van der Waals surface area contributed by atoms with Crippen molar-refractivity contribution < 1.29 is 14.6 Å². The predicted octanol–water partition coefficient (Wildman–Crippen LogP) is 2.92. The summed E-state index contributed by atoms with van der Waals surface area (Å²) in [5.74, 6) is 0.232. The number of phenols is 1. The van der Waals surface area contributed by atoms with Crippen LogP contribution in [0.1, 0.15) is 19.4 Å². The van der Waals surface area contributed by atoms with Crippen LogP contribution in [0, 0.1) is 0 Å². The zero-order valence-electron chi connectivity index (χ0n) is 12.3. The Labute approximate surface area is 126 Å². The molecular formula is C15H24ClNO3. The first kappa shape index (κ1) is 17.2. The lowest BCUT2D eigenvalue weighted by Gasteiger charge is -2.23. The zero-order valence-corrected chi connectivity index (χ0v) is 13.0. The van der Waals surface area contributed by atoms with Gasteiger partial charge >= 0.3 is 0 Å². The smallest absolute Gasteiger partial charge is 0.121 e. The van der Waals surface area contributed by atoms with E-state index < -0.39 is 0 Å². The van der Waals surface area contributed by atoms with Gasteiger partial charge in [-0.25, -0.2) is 0 Å². The van der Waals surface area contributed by atoms with Gasteiger partial charge in [-0.3, -0.25) is 4.90 Å². The summed E-state index contributed by atoms with van der Waals surface area (Å²) in [4.78, 5) is 2.17. The Bertz CT molecular complexity index is 357. The van der Waals surface area contributed by atoms with E-state index in [1.807, 2.05) is 13.8 Å². The molecule has 0 aliphatic rings. The van der Waals surface area contributed by atoms with Crippen LogP contribution in [0.5, 0.6) is 5.75 Å². The lowest BCUT2D eigenvalue weighted by molar-refractivity contribution is 0.0794. The minimum atomic E-state index is 0.232. The number of hydrogen-bond donors (Lipinski definition) is 1. The van der Waals surface area contributed by atoms with Crippen LogP contribution >= 0.6 is 11.6 Å². The molecule has 4 nitrogen and oxygen atoms in total. The first-order valence-corrected chi connectivity index (χ1v) is 7.41. The highest BCUT2D eigenvalue weighted by molar-refractivity contribution is 6.31. The molecule has 0 unspecified atom stereocenters. The van der Waals surface area contributed by atoms with Crippen LogP contribution in [-0.4, -0.2) is 49.5 Å². The molecule has 0 heterocycles. The molecule has 0 fully saturated rings. The lowest BCUT2D eigenvalue weighted by Crippen LogP contribution is -2.31. The molecule has 5 heteroatoms. The Kier molecular flexibility index (Phi) is 8.62. The van der Waals surface area contributed by atoms with E-state index in [4.69, 9.17) is 21.1 Å². The highest BCUT2D eigenvalue weighted by Crippen LogP contribution is 2.26. The molecular weight excluding hydrogens is 278 g/mol. The largest absolute Gasteiger partial charge is 0.508 e. The Morgan fingerprint density at radius 1 is 1.10 bits per heavy atom. The molecule has 0 saturated heterocycles. The average Bonchev–Trinajstić information content (AvgIpc) is 2.43. The normalized spacial score (nSPS) is 11.2. The first-order valence-electron chi connectivity index (χ1n) is 7.03. The molecule has 0 aliphatic carbocycles. The van der Waals surface area contributed by atoms with Gasteiger partial charge in [-0.1, -0.05) is 17.7 Å². The maximum absolute atomic E-state index is 9.91. The number of aromatic hydroxyl groups is 1. The number of nitrogens with zero attached hydrogens (tertiary/aromatic N) is 1. The van der Waals surface area contributed by atoms with E-state index in [2.05, 4.69) is 4.90 Å². The molecule has 1 aromatic rings. The SMILES string of the molecule is CCOCCN(CCOCC)Cc1c(O)cccc1Cl. The molecule has 114 valence electrons. The van der Waals surface area contributed by atoms with Crippen LogP contribution in [-0.2, 0) is 16.0 Å². The summed E-state index contributed by atoms with van der Waals surface area (Å²) in [6.45, 7) is 8.84. The summed E-state index contributed by atoms with van der Waals surface area (Å²) in [6, 6.07) is 5.19. The Hall–Kier alpha value is -0.810. The number of halogens is 1. The summed E-state index contributed by atoms with van der Waals surface area (Å²) in [6.07, 6.45) is 0. The van der Waals surface area contributed by atoms with Crippen LogP contribution in [0.25, 0.3) is 0 Å². The third kappa shape index (κ3) is 6.09.